The average Bonchev–Trinajstić information content (AvgIpc) is 3.01. The lowest BCUT2D eigenvalue weighted by atomic mass is 10.0. The first-order valence-corrected chi connectivity index (χ1v) is 5.34. The normalized spacial score (nSPS) is 15.9. The van der Waals surface area contributed by atoms with Crippen molar-refractivity contribution < 1.29 is 8.78 Å². The molecule has 0 aliphatic heterocycles. The molecule has 0 aromatic heterocycles. The van der Waals surface area contributed by atoms with Gasteiger partial charge in [0, 0.05) is 6.54 Å². The van der Waals surface area contributed by atoms with E-state index in [0.717, 1.165) is 0 Å². The lowest BCUT2D eigenvalue weighted by Crippen LogP contribution is -2.21. The van der Waals surface area contributed by atoms with Crippen LogP contribution in [-0.4, -0.2) is 13.0 Å². The first-order valence-electron chi connectivity index (χ1n) is 5.34. The summed E-state index contributed by atoms with van der Waals surface area (Å²) >= 11 is 0. The first kappa shape index (κ1) is 10.6. The summed E-state index contributed by atoms with van der Waals surface area (Å²) in [5.41, 5.74) is 2.50. The van der Waals surface area contributed by atoms with Crippen LogP contribution < -0.4 is 5.32 Å². The summed E-state index contributed by atoms with van der Waals surface area (Å²) in [6, 6.07) is 8.11. The van der Waals surface area contributed by atoms with Crippen LogP contribution in [0.25, 0.3) is 0 Å². The van der Waals surface area contributed by atoms with Gasteiger partial charge >= 0.3 is 0 Å². The van der Waals surface area contributed by atoms with Gasteiger partial charge in [-0.2, -0.15) is 0 Å². The van der Waals surface area contributed by atoms with Gasteiger partial charge in [0.25, 0.3) is 6.43 Å². The predicted octanol–water partition coefficient (Wildman–Crippen LogP) is 2.92. The fourth-order valence-corrected chi connectivity index (χ4v) is 1.80. The van der Waals surface area contributed by atoms with Crippen molar-refractivity contribution in [2.45, 2.75) is 31.7 Å². The van der Waals surface area contributed by atoms with Crippen LogP contribution in [0.3, 0.4) is 0 Å². The van der Waals surface area contributed by atoms with Crippen molar-refractivity contribution in [2.75, 3.05) is 6.54 Å². The van der Waals surface area contributed by atoms with Gasteiger partial charge in [-0.05, 0) is 29.9 Å². The van der Waals surface area contributed by atoms with Crippen molar-refractivity contribution in [3.8, 4) is 0 Å². The molecule has 1 saturated carbocycles. The Morgan fingerprint density at radius 2 is 2.00 bits per heavy atom. The Morgan fingerprint density at radius 3 is 2.67 bits per heavy atom. The van der Waals surface area contributed by atoms with E-state index in [2.05, 4.69) is 11.4 Å². The van der Waals surface area contributed by atoms with Crippen molar-refractivity contribution in [3.63, 3.8) is 0 Å². The van der Waals surface area contributed by atoms with Gasteiger partial charge in [0.2, 0.25) is 0 Å². The van der Waals surface area contributed by atoms with Gasteiger partial charge in [0.1, 0.15) is 0 Å². The van der Waals surface area contributed by atoms with Crippen molar-refractivity contribution in [1.29, 1.82) is 0 Å². The Bertz CT molecular complexity index is 321. The van der Waals surface area contributed by atoms with E-state index in [4.69, 9.17) is 0 Å². The smallest absolute Gasteiger partial charge is 0.250 e. The molecule has 0 spiro atoms. The zero-order valence-electron chi connectivity index (χ0n) is 8.55. The molecule has 1 fully saturated rings. The summed E-state index contributed by atoms with van der Waals surface area (Å²) in [5, 5.41) is 2.77. The Morgan fingerprint density at radius 1 is 1.27 bits per heavy atom. The van der Waals surface area contributed by atoms with E-state index in [0.29, 0.717) is 12.5 Å². The largest absolute Gasteiger partial charge is 0.307 e. The Kier molecular flexibility index (Phi) is 3.31. The SMILES string of the molecule is FC(F)CNCc1ccccc1C1CC1. The van der Waals surface area contributed by atoms with Crippen LogP contribution in [0.5, 0.6) is 0 Å². The van der Waals surface area contributed by atoms with Gasteiger partial charge in [-0.15, -0.1) is 0 Å². The first-order chi connectivity index (χ1) is 7.27. The highest BCUT2D eigenvalue weighted by atomic mass is 19.3. The molecule has 0 unspecified atom stereocenters. The fourth-order valence-electron chi connectivity index (χ4n) is 1.80. The fraction of sp³-hybridized carbons (Fsp3) is 0.500. The van der Waals surface area contributed by atoms with Crippen molar-refractivity contribution in [3.05, 3.63) is 35.4 Å². The van der Waals surface area contributed by atoms with Gasteiger partial charge < -0.3 is 5.32 Å². The third kappa shape index (κ3) is 2.99. The highest BCUT2D eigenvalue weighted by Crippen LogP contribution is 2.41. The van der Waals surface area contributed by atoms with Crippen LogP contribution in [0.15, 0.2) is 24.3 Å². The second-order valence-corrected chi connectivity index (χ2v) is 4.00. The number of benzene rings is 1. The Hall–Kier alpha value is -0.960. The maximum atomic E-state index is 11.9. The molecule has 1 aromatic carbocycles. The molecule has 3 heteroatoms. The zero-order chi connectivity index (χ0) is 10.7. The molecule has 1 aliphatic carbocycles. The maximum absolute atomic E-state index is 11.9. The van der Waals surface area contributed by atoms with Crippen LogP contribution in [0.4, 0.5) is 8.78 Å². The van der Waals surface area contributed by atoms with E-state index in [1.165, 1.54) is 24.0 Å². The quantitative estimate of drug-likeness (QED) is 0.789. The topological polar surface area (TPSA) is 12.0 Å². The molecule has 82 valence electrons. The van der Waals surface area contributed by atoms with Crippen LogP contribution in [0.2, 0.25) is 0 Å². The minimum absolute atomic E-state index is 0.223. The van der Waals surface area contributed by atoms with Gasteiger partial charge in [-0.3, -0.25) is 0 Å². The summed E-state index contributed by atoms with van der Waals surface area (Å²) in [6.45, 7) is 0.329. The standard InChI is InChI=1S/C12H15F2N/c13-12(14)8-15-7-10-3-1-2-4-11(10)9-5-6-9/h1-4,9,12,15H,5-8H2. The molecule has 0 atom stereocenters. The highest BCUT2D eigenvalue weighted by Gasteiger charge is 2.25. The number of hydrogen-bond acceptors (Lipinski definition) is 1. The summed E-state index contributed by atoms with van der Waals surface area (Å²) < 4.78 is 23.9. The Labute approximate surface area is 88.5 Å². The number of nitrogens with one attached hydrogen (secondary N) is 1. The molecule has 0 amide bonds. The van der Waals surface area contributed by atoms with Gasteiger partial charge in [0.05, 0.1) is 6.54 Å². The average molecular weight is 211 g/mol. The zero-order valence-corrected chi connectivity index (χ0v) is 8.55. The molecule has 1 nitrogen and oxygen atoms in total. The van der Waals surface area contributed by atoms with E-state index in [1.54, 1.807) is 0 Å². The summed E-state index contributed by atoms with van der Waals surface area (Å²) in [5.74, 6) is 0.676. The summed E-state index contributed by atoms with van der Waals surface area (Å²) in [6.07, 6.45) is 0.218. The van der Waals surface area contributed by atoms with E-state index < -0.39 is 6.43 Å². The van der Waals surface area contributed by atoms with Crippen LogP contribution in [-0.2, 0) is 6.54 Å². The van der Waals surface area contributed by atoms with Crippen molar-refractivity contribution in [1.82, 2.24) is 5.32 Å². The molecule has 0 bridgehead atoms. The number of alkyl halides is 2. The Balaban J connectivity index is 1.94. The molecule has 1 aliphatic rings. The lowest BCUT2D eigenvalue weighted by molar-refractivity contribution is 0.145. The van der Waals surface area contributed by atoms with Crippen LogP contribution >= 0.6 is 0 Å². The minimum Gasteiger partial charge on any atom is -0.307 e. The summed E-state index contributed by atoms with van der Waals surface area (Å²) in [4.78, 5) is 0. The summed E-state index contributed by atoms with van der Waals surface area (Å²) in [7, 11) is 0. The van der Waals surface area contributed by atoms with E-state index in [9.17, 15) is 8.78 Å². The van der Waals surface area contributed by atoms with Crippen LogP contribution in [0, 0.1) is 0 Å². The van der Waals surface area contributed by atoms with E-state index >= 15 is 0 Å². The molecule has 1 N–H and O–H groups in total. The third-order valence-electron chi connectivity index (χ3n) is 2.69. The maximum Gasteiger partial charge on any atom is 0.250 e. The second kappa shape index (κ2) is 4.71. The van der Waals surface area contributed by atoms with E-state index in [-0.39, 0.29) is 6.54 Å². The number of halogens is 2. The third-order valence-corrected chi connectivity index (χ3v) is 2.69. The van der Waals surface area contributed by atoms with Crippen molar-refractivity contribution in [2.24, 2.45) is 0 Å². The molecule has 1 aromatic rings. The molecule has 15 heavy (non-hydrogen) atoms. The monoisotopic (exact) mass is 211 g/mol. The van der Waals surface area contributed by atoms with Crippen LogP contribution in [0.1, 0.15) is 29.9 Å². The van der Waals surface area contributed by atoms with E-state index in [1.807, 2.05) is 18.2 Å². The highest BCUT2D eigenvalue weighted by molar-refractivity contribution is 5.33. The second-order valence-electron chi connectivity index (χ2n) is 4.00. The molecular formula is C12H15F2N. The molecule has 2 rings (SSSR count). The lowest BCUT2D eigenvalue weighted by Gasteiger charge is -2.09. The van der Waals surface area contributed by atoms with Gasteiger partial charge in [-0.1, -0.05) is 24.3 Å². The van der Waals surface area contributed by atoms with Crippen molar-refractivity contribution >= 4 is 0 Å². The number of hydrogen-bond donors (Lipinski definition) is 1. The van der Waals surface area contributed by atoms with Gasteiger partial charge in [-0.25, -0.2) is 8.78 Å². The van der Waals surface area contributed by atoms with Gasteiger partial charge in [0.15, 0.2) is 0 Å². The molecular weight excluding hydrogens is 196 g/mol. The predicted molar refractivity (Wildman–Crippen MR) is 56.1 cm³/mol. The molecule has 0 saturated heterocycles. The minimum atomic E-state index is -2.27. The molecule has 0 heterocycles. The molecule has 0 radical (unpaired) electrons. The number of rotatable bonds is 5.